The van der Waals surface area contributed by atoms with E-state index in [-0.39, 0.29) is 11.9 Å². The van der Waals surface area contributed by atoms with Crippen molar-refractivity contribution in [3.05, 3.63) is 53.9 Å². The van der Waals surface area contributed by atoms with Crippen LogP contribution in [0.25, 0.3) is 0 Å². The van der Waals surface area contributed by atoms with Crippen molar-refractivity contribution in [2.24, 2.45) is 0 Å². The molecule has 0 aromatic carbocycles. The quantitative estimate of drug-likeness (QED) is 0.834. The Labute approximate surface area is 160 Å². The molecule has 2 fully saturated rings. The average molecular weight is 365 g/mol. The number of carbonyl (C=O) groups is 1. The number of piperazine rings is 1. The summed E-state index contributed by atoms with van der Waals surface area (Å²) in [6.07, 6.45) is 10.2. The van der Waals surface area contributed by atoms with Crippen LogP contribution in [-0.4, -0.2) is 56.3 Å². The Morgan fingerprint density at radius 1 is 1.19 bits per heavy atom. The van der Waals surface area contributed by atoms with Crippen LogP contribution in [0.2, 0.25) is 0 Å². The highest BCUT2D eigenvalue weighted by molar-refractivity contribution is 5.92. The zero-order valence-corrected chi connectivity index (χ0v) is 15.9. The zero-order chi connectivity index (χ0) is 18.6. The monoisotopic (exact) mass is 365 g/mol. The number of rotatable bonds is 4. The van der Waals surface area contributed by atoms with E-state index in [1.54, 1.807) is 18.5 Å². The minimum Gasteiger partial charge on any atom is -0.332 e. The van der Waals surface area contributed by atoms with Gasteiger partial charge in [-0.05, 0) is 37.5 Å². The van der Waals surface area contributed by atoms with Gasteiger partial charge in [-0.3, -0.25) is 14.7 Å². The summed E-state index contributed by atoms with van der Waals surface area (Å²) in [7, 11) is 0. The summed E-state index contributed by atoms with van der Waals surface area (Å²) in [6.45, 7) is 5.45. The van der Waals surface area contributed by atoms with E-state index in [0.717, 1.165) is 44.8 Å². The van der Waals surface area contributed by atoms with Gasteiger partial charge in [0.1, 0.15) is 11.5 Å². The van der Waals surface area contributed by atoms with Crippen LogP contribution in [0.1, 0.15) is 60.4 Å². The molecule has 4 rings (SSSR count). The highest BCUT2D eigenvalue weighted by Crippen LogP contribution is 2.32. The van der Waals surface area contributed by atoms with Gasteiger partial charge in [-0.15, -0.1) is 0 Å². The molecule has 0 radical (unpaired) electrons. The summed E-state index contributed by atoms with van der Waals surface area (Å²) in [5.41, 5.74) is 1.75. The van der Waals surface area contributed by atoms with Gasteiger partial charge in [-0.25, -0.2) is 9.97 Å². The molecule has 1 aliphatic carbocycles. The van der Waals surface area contributed by atoms with Gasteiger partial charge in [-0.2, -0.15) is 0 Å². The second kappa shape index (κ2) is 8.13. The third-order valence-corrected chi connectivity index (χ3v) is 5.72. The van der Waals surface area contributed by atoms with Gasteiger partial charge in [0.05, 0.1) is 0 Å². The summed E-state index contributed by atoms with van der Waals surface area (Å²) in [5.74, 6) is 1.30. The predicted octanol–water partition coefficient (Wildman–Crippen LogP) is 2.88. The third-order valence-electron chi connectivity index (χ3n) is 5.72. The van der Waals surface area contributed by atoms with Gasteiger partial charge in [0.15, 0.2) is 0 Å². The Morgan fingerprint density at radius 3 is 2.78 bits per heavy atom. The van der Waals surface area contributed by atoms with Crippen LogP contribution in [0.3, 0.4) is 0 Å². The largest absolute Gasteiger partial charge is 0.332 e. The van der Waals surface area contributed by atoms with Gasteiger partial charge in [-0.1, -0.05) is 18.9 Å². The molecule has 27 heavy (non-hydrogen) atoms. The Balaban J connectivity index is 1.40. The highest BCUT2D eigenvalue weighted by atomic mass is 16.2. The van der Waals surface area contributed by atoms with Gasteiger partial charge in [0.25, 0.3) is 5.91 Å². The molecule has 1 saturated heterocycles. The SMILES string of the molecule is C[C@H]1CN(Cc2cccnc2)CCN1C(=O)c1ccnc(C2CCCC2)n1. The normalized spacial score (nSPS) is 21.5. The molecule has 1 saturated carbocycles. The molecule has 0 N–H and O–H groups in total. The summed E-state index contributed by atoms with van der Waals surface area (Å²) in [4.78, 5) is 30.6. The molecule has 3 heterocycles. The van der Waals surface area contributed by atoms with Crippen molar-refractivity contribution >= 4 is 5.91 Å². The predicted molar refractivity (Wildman–Crippen MR) is 103 cm³/mol. The Kier molecular flexibility index (Phi) is 5.43. The van der Waals surface area contributed by atoms with Crippen LogP contribution >= 0.6 is 0 Å². The fourth-order valence-corrected chi connectivity index (χ4v) is 4.25. The molecule has 142 valence electrons. The van der Waals surface area contributed by atoms with E-state index in [0.29, 0.717) is 11.6 Å². The van der Waals surface area contributed by atoms with Gasteiger partial charge in [0, 0.05) is 56.7 Å². The third kappa shape index (κ3) is 4.16. The first-order valence-corrected chi connectivity index (χ1v) is 9.96. The molecule has 2 aliphatic rings. The molecule has 2 aromatic rings. The summed E-state index contributed by atoms with van der Waals surface area (Å²) in [5, 5.41) is 0. The number of aromatic nitrogens is 3. The minimum absolute atomic E-state index is 0.0326. The van der Waals surface area contributed by atoms with Gasteiger partial charge < -0.3 is 4.90 Å². The van der Waals surface area contributed by atoms with Crippen molar-refractivity contribution in [2.75, 3.05) is 19.6 Å². The first kappa shape index (κ1) is 18.0. The zero-order valence-electron chi connectivity index (χ0n) is 15.9. The van der Waals surface area contributed by atoms with Crippen molar-refractivity contribution in [1.29, 1.82) is 0 Å². The molecule has 1 atom stereocenters. The van der Waals surface area contributed by atoms with Crippen LogP contribution in [0.4, 0.5) is 0 Å². The molecule has 0 bridgehead atoms. The minimum atomic E-state index is 0.0326. The standard InChI is InChI=1S/C21H27N5O/c1-16-14-25(15-17-5-4-9-22-13-17)11-12-26(16)21(27)19-8-10-23-20(24-19)18-6-2-3-7-18/h4-5,8-10,13,16,18H,2-3,6-7,11-12,14-15H2,1H3/t16-/m0/s1. The molecule has 1 amide bonds. The van der Waals surface area contributed by atoms with Gasteiger partial charge >= 0.3 is 0 Å². The number of carbonyl (C=O) groups excluding carboxylic acids is 1. The van der Waals surface area contributed by atoms with Crippen molar-refractivity contribution in [1.82, 2.24) is 24.8 Å². The van der Waals surface area contributed by atoms with Crippen molar-refractivity contribution in [2.45, 2.75) is 51.1 Å². The molecule has 6 nitrogen and oxygen atoms in total. The number of nitrogens with zero attached hydrogens (tertiary/aromatic N) is 5. The summed E-state index contributed by atoms with van der Waals surface area (Å²) < 4.78 is 0. The maximum Gasteiger partial charge on any atom is 0.272 e. The van der Waals surface area contributed by atoms with Crippen LogP contribution in [0.5, 0.6) is 0 Å². The highest BCUT2D eigenvalue weighted by Gasteiger charge is 2.29. The topological polar surface area (TPSA) is 62.2 Å². The first-order valence-electron chi connectivity index (χ1n) is 9.96. The lowest BCUT2D eigenvalue weighted by Crippen LogP contribution is -2.53. The van der Waals surface area contributed by atoms with E-state index in [4.69, 9.17) is 0 Å². The maximum absolute atomic E-state index is 13.0. The van der Waals surface area contributed by atoms with E-state index in [9.17, 15) is 4.79 Å². The molecular formula is C21H27N5O. The number of hydrogen-bond acceptors (Lipinski definition) is 5. The number of hydrogen-bond donors (Lipinski definition) is 0. The number of pyridine rings is 1. The van der Waals surface area contributed by atoms with Crippen LogP contribution in [-0.2, 0) is 6.54 Å². The lowest BCUT2D eigenvalue weighted by Gasteiger charge is -2.39. The maximum atomic E-state index is 13.0. The summed E-state index contributed by atoms with van der Waals surface area (Å²) >= 11 is 0. The molecule has 2 aromatic heterocycles. The van der Waals surface area contributed by atoms with Crippen molar-refractivity contribution in [3.8, 4) is 0 Å². The lowest BCUT2D eigenvalue weighted by molar-refractivity contribution is 0.0469. The van der Waals surface area contributed by atoms with Crippen LogP contribution in [0, 0.1) is 0 Å². The second-order valence-electron chi connectivity index (χ2n) is 7.73. The lowest BCUT2D eigenvalue weighted by atomic mass is 10.1. The first-order chi connectivity index (χ1) is 13.2. The van der Waals surface area contributed by atoms with E-state index in [1.165, 1.54) is 18.4 Å². The Bertz CT molecular complexity index is 775. The van der Waals surface area contributed by atoms with E-state index >= 15 is 0 Å². The Morgan fingerprint density at radius 2 is 2.04 bits per heavy atom. The molecular weight excluding hydrogens is 338 g/mol. The van der Waals surface area contributed by atoms with E-state index in [1.807, 2.05) is 17.2 Å². The smallest absolute Gasteiger partial charge is 0.272 e. The second-order valence-corrected chi connectivity index (χ2v) is 7.73. The molecule has 0 unspecified atom stereocenters. The van der Waals surface area contributed by atoms with Crippen molar-refractivity contribution < 1.29 is 4.79 Å². The van der Waals surface area contributed by atoms with E-state index < -0.39 is 0 Å². The fourth-order valence-electron chi connectivity index (χ4n) is 4.25. The molecule has 1 aliphatic heterocycles. The molecule has 0 spiro atoms. The number of amides is 1. The average Bonchev–Trinajstić information content (AvgIpc) is 3.23. The fraction of sp³-hybridized carbons (Fsp3) is 0.524. The van der Waals surface area contributed by atoms with Crippen LogP contribution in [0.15, 0.2) is 36.8 Å². The van der Waals surface area contributed by atoms with Gasteiger partial charge in [0.2, 0.25) is 0 Å². The van der Waals surface area contributed by atoms with Crippen LogP contribution < -0.4 is 0 Å². The molecule has 6 heteroatoms. The van der Waals surface area contributed by atoms with E-state index in [2.05, 4.69) is 32.8 Å². The Hall–Kier alpha value is -2.34. The summed E-state index contributed by atoms with van der Waals surface area (Å²) in [6, 6.07) is 5.99. The van der Waals surface area contributed by atoms with Crippen molar-refractivity contribution in [3.63, 3.8) is 0 Å².